The molecule has 0 aliphatic rings. The highest BCUT2D eigenvalue weighted by atomic mass is 79.9. The van der Waals surface area contributed by atoms with Crippen LogP contribution in [0.2, 0.25) is 0 Å². The van der Waals surface area contributed by atoms with Crippen molar-refractivity contribution >= 4 is 26.7 Å². The number of pyridine rings is 1. The van der Waals surface area contributed by atoms with Crippen LogP contribution >= 0.6 is 15.9 Å². The summed E-state index contributed by atoms with van der Waals surface area (Å²) in [5, 5.41) is 11.2. The van der Waals surface area contributed by atoms with E-state index in [1.807, 2.05) is 24.3 Å². The quantitative estimate of drug-likeness (QED) is 0.941. The number of halogens is 1. The number of ether oxygens (including phenoxy) is 1. The molecule has 0 saturated heterocycles. The molecule has 0 amide bonds. The molecule has 0 bridgehead atoms. The fourth-order valence-electron chi connectivity index (χ4n) is 1.46. The van der Waals surface area contributed by atoms with Crippen molar-refractivity contribution in [2.45, 2.75) is 13.0 Å². The summed E-state index contributed by atoms with van der Waals surface area (Å²) in [6, 6.07) is 7.78. The van der Waals surface area contributed by atoms with Gasteiger partial charge in [0.2, 0.25) is 5.88 Å². The number of hydrogen-bond acceptors (Lipinski definition) is 3. The molecule has 1 aromatic carbocycles. The van der Waals surface area contributed by atoms with Gasteiger partial charge < -0.3 is 9.84 Å². The largest absolute Gasteiger partial charge is 0.474 e. The molecule has 4 heteroatoms. The molecule has 2 aromatic rings. The van der Waals surface area contributed by atoms with Crippen molar-refractivity contribution in [3.8, 4) is 5.88 Å². The van der Waals surface area contributed by atoms with Crippen LogP contribution in [0.25, 0.3) is 10.8 Å². The van der Waals surface area contributed by atoms with Crippen molar-refractivity contribution < 1.29 is 9.84 Å². The first-order chi connectivity index (χ1) is 7.68. The third kappa shape index (κ3) is 2.33. The smallest absolute Gasteiger partial charge is 0.221 e. The van der Waals surface area contributed by atoms with Gasteiger partial charge >= 0.3 is 0 Å². The van der Waals surface area contributed by atoms with E-state index < -0.39 is 6.10 Å². The van der Waals surface area contributed by atoms with Crippen LogP contribution in [0, 0.1) is 0 Å². The molecule has 0 aliphatic heterocycles. The molecule has 0 radical (unpaired) electrons. The Morgan fingerprint density at radius 3 is 2.94 bits per heavy atom. The summed E-state index contributed by atoms with van der Waals surface area (Å²) in [6.07, 6.45) is 1.20. The van der Waals surface area contributed by atoms with Crippen LogP contribution in [-0.4, -0.2) is 22.8 Å². The summed E-state index contributed by atoms with van der Waals surface area (Å²) in [7, 11) is 0. The van der Waals surface area contributed by atoms with Crippen molar-refractivity contribution in [1.29, 1.82) is 0 Å². The number of nitrogens with zero attached hydrogens (tertiary/aromatic N) is 1. The van der Waals surface area contributed by atoms with E-state index in [0.29, 0.717) is 5.88 Å². The van der Waals surface area contributed by atoms with E-state index in [9.17, 15) is 5.11 Å². The number of rotatable bonds is 3. The summed E-state index contributed by atoms with van der Waals surface area (Å²) in [5.74, 6) is 0.555. The Morgan fingerprint density at radius 2 is 2.19 bits per heavy atom. The molecule has 1 N–H and O–H groups in total. The maximum atomic E-state index is 9.18. The van der Waals surface area contributed by atoms with Crippen LogP contribution < -0.4 is 4.74 Å². The number of aliphatic hydroxyl groups is 1. The van der Waals surface area contributed by atoms with Crippen LogP contribution in [0.3, 0.4) is 0 Å². The third-order valence-electron chi connectivity index (χ3n) is 2.18. The average Bonchev–Trinajstić information content (AvgIpc) is 2.27. The molecule has 1 atom stereocenters. The number of hydrogen-bond donors (Lipinski definition) is 1. The van der Waals surface area contributed by atoms with E-state index in [2.05, 4.69) is 20.9 Å². The minimum Gasteiger partial charge on any atom is -0.474 e. The first kappa shape index (κ1) is 11.4. The van der Waals surface area contributed by atoms with Gasteiger partial charge in [0, 0.05) is 21.4 Å². The lowest BCUT2D eigenvalue weighted by Crippen LogP contribution is -2.13. The summed E-state index contributed by atoms with van der Waals surface area (Å²) in [4.78, 5) is 4.17. The second-order valence-corrected chi connectivity index (χ2v) is 4.47. The van der Waals surface area contributed by atoms with E-state index in [1.54, 1.807) is 13.1 Å². The first-order valence-corrected chi connectivity index (χ1v) is 5.82. The van der Waals surface area contributed by atoms with Crippen LogP contribution in [0.5, 0.6) is 5.88 Å². The van der Waals surface area contributed by atoms with Gasteiger partial charge in [0.05, 0.1) is 6.10 Å². The van der Waals surface area contributed by atoms with Crippen LogP contribution in [0.1, 0.15) is 6.92 Å². The molecule has 2 rings (SSSR count). The molecule has 16 heavy (non-hydrogen) atoms. The maximum absolute atomic E-state index is 9.18. The highest BCUT2D eigenvalue weighted by molar-refractivity contribution is 9.10. The first-order valence-electron chi connectivity index (χ1n) is 5.02. The molecule has 0 aliphatic carbocycles. The minimum atomic E-state index is -0.496. The SMILES string of the molecule is CC(O)COc1nccc2c(Br)cccc12. The van der Waals surface area contributed by atoms with Gasteiger partial charge in [0.25, 0.3) is 0 Å². The molecule has 1 heterocycles. The van der Waals surface area contributed by atoms with E-state index in [-0.39, 0.29) is 6.61 Å². The summed E-state index contributed by atoms with van der Waals surface area (Å²) in [6.45, 7) is 1.93. The second-order valence-electron chi connectivity index (χ2n) is 3.61. The minimum absolute atomic E-state index is 0.249. The van der Waals surface area contributed by atoms with Gasteiger partial charge in [-0.2, -0.15) is 0 Å². The molecule has 1 unspecified atom stereocenters. The summed E-state index contributed by atoms with van der Waals surface area (Å²) >= 11 is 3.48. The number of benzene rings is 1. The highest BCUT2D eigenvalue weighted by Crippen LogP contribution is 2.28. The zero-order valence-electron chi connectivity index (χ0n) is 8.85. The Labute approximate surface area is 102 Å². The molecule has 0 fully saturated rings. The van der Waals surface area contributed by atoms with Crippen molar-refractivity contribution in [3.05, 3.63) is 34.9 Å². The third-order valence-corrected chi connectivity index (χ3v) is 2.87. The van der Waals surface area contributed by atoms with E-state index in [1.165, 1.54) is 0 Å². The van der Waals surface area contributed by atoms with Gasteiger partial charge in [-0.15, -0.1) is 0 Å². The maximum Gasteiger partial charge on any atom is 0.221 e. The molecule has 1 aromatic heterocycles. The highest BCUT2D eigenvalue weighted by Gasteiger charge is 2.06. The normalized spacial score (nSPS) is 12.7. The van der Waals surface area contributed by atoms with Crippen LogP contribution in [-0.2, 0) is 0 Å². The molecule has 0 spiro atoms. The van der Waals surface area contributed by atoms with Gasteiger partial charge in [-0.05, 0) is 25.1 Å². The second kappa shape index (κ2) is 4.80. The fraction of sp³-hybridized carbons (Fsp3) is 0.250. The Hall–Kier alpha value is -1.13. The lowest BCUT2D eigenvalue weighted by molar-refractivity contribution is 0.121. The Kier molecular flexibility index (Phi) is 3.41. The van der Waals surface area contributed by atoms with Crippen molar-refractivity contribution in [1.82, 2.24) is 4.98 Å². The number of fused-ring (bicyclic) bond motifs is 1. The van der Waals surface area contributed by atoms with E-state index in [4.69, 9.17) is 4.74 Å². The summed E-state index contributed by atoms with van der Waals surface area (Å²) in [5.41, 5.74) is 0. The average molecular weight is 282 g/mol. The van der Waals surface area contributed by atoms with Gasteiger partial charge in [-0.3, -0.25) is 0 Å². The Bertz CT molecular complexity index is 499. The molecular formula is C12H12BrNO2. The van der Waals surface area contributed by atoms with Crippen molar-refractivity contribution in [3.63, 3.8) is 0 Å². The predicted molar refractivity (Wildman–Crippen MR) is 66.6 cm³/mol. The number of aliphatic hydroxyl groups excluding tert-OH is 1. The zero-order valence-corrected chi connectivity index (χ0v) is 10.4. The monoisotopic (exact) mass is 281 g/mol. The van der Waals surface area contributed by atoms with Gasteiger partial charge in [0.15, 0.2) is 0 Å². The molecule has 84 valence electrons. The Balaban J connectivity index is 2.42. The van der Waals surface area contributed by atoms with Crippen LogP contribution in [0.4, 0.5) is 0 Å². The number of aromatic nitrogens is 1. The predicted octanol–water partition coefficient (Wildman–Crippen LogP) is 2.76. The Morgan fingerprint density at radius 1 is 1.38 bits per heavy atom. The van der Waals surface area contributed by atoms with Crippen molar-refractivity contribution in [2.75, 3.05) is 6.61 Å². The summed E-state index contributed by atoms with van der Waals surface area (Å²) < 4.78 is 6.46. The van der Waals surface area contributed by atoms with Gasteiger partial charge in [-0.1, -0.05) is 22.0 Å². The zero-order chi connectivity index (χ0) is 11.5. The van der Waals surface area contributed by atoms with Gasteiger partial charge in [0.1, 0.15) is 6.61 Å². The van der Waals surface area contributed by atoms with Crippen LogP contribution in [0.15, 0.2) is 34.9 Å². The lowest BCUT2D eigenvalue weighted by atomic mass is 10.2. The van der Waals surface area contributed by atoms with E-state index >= 15 is 0 Å². The standard InChI is InChI=1S/C12H12BrNO2/c1-8(15)7-16-12-10-3-2-4-11(13)9(10)5-6-14-12/h2-6,8,15H,7H2,1H3. The van der Waals surface area contributed by atoms with E-state index in [0.717, 1.165) is 15.2 Å². The topological polar surface area (TPSA) is 42.4 Å². The van der Waals surface area contributed by atoms with Crippen molar-refractivity contribution in [2.24, 2.45) is 0 Å². The fourth-order valence-corrected chi connectivity index (χ4v) is 1.95. The van der Waals surface area contributed by atoms with Gasteiger partial charge in [-0.25, -0.2) is 4.98 Å². The lowest BCUT2D eigenvalue weighted by Gasteiger charge is -2.10. The molecule has 0 saturated carbocycles. The molecule has 3 nitrogen and oxygen atoms in total. The molecular weight excluding hydrogens is 270 g/mol.